The van der Waals surface area contributed by atoms with Crippen molar-refractivity contribution in [3.05, 3.63) is 23.3 Å². The van der Waals surface area contributed by atoms with Crippen LogP contribution in [-0.4, -0.2) is 178 Å². The number of methoxy groups -OCH3 is 2. The molecule has 2 aliphatic heterocycles. The second kappa shape index (κ2) is 20.7. The third-order valence-corrected chi connectivity index (χ3v) is 19.9. The molecule has 23 atom stereocenters. The number of aliphatic hydroxyl groups excluding tert-OH is 8. The normalized spacial score (nSPS) is 47.8. The van der Waals surface area contributed by atoms with Gasteiger partial charge in [-0.25, -0.2) is 9.59 Å². The van der Waals surface area contributed by atoms with Crippen LogP contribution in [0.3, 0.4) is 0 Å². The first-order valence-corrected chi connectivity index (χ1v) is 25.9. The zero-order valence-electron chi connectivity index (χ0n) is 44.4. The molecule has 0 amide bonds. The van der Waals surface area contributed by atoms with Crippen LogP contribution in [0.15, 0.2) is 23.3 Å². The van der Waals surface area contributed by atoms with Crippen molar-refractivity contribution in [2.45, 2.75) is 200 Å². The smallest absolute Gasteiger partial charge is 0.337 e. The minimum Gasteiger partial charge on any atom is -0.469 e. The van der Waals surface area contributed by atoms with Crippen LogP contribution in [0.1, 0.15) is 114 Å². The summed E-state index contributed by atoms with van der Waals surface area (Å²) in [6.45, 7) is 17.4. The summed E-state index contributed by atoms with van der Waals surface area (Å²) in [6.07, 6.45) is -16.1. The summed E-state index contributed by atoms with van der Waals surface area (Å²) in [5, 5.41) is 91.9. The van der Waals surface area contributed by atoms with E-state index in [1.165, 1.54) is 7.11 Å². The number of rotatable bonds is 12. The Morgan fingerprint density at radius 1 is 0.822 bits per heavy atom. The van der Waals surface area contributed by atoms with Crippen molar-refractivity contribution in [2.75, 3.05) is 27.4 Å². The number of fused-ring (bicyclic) bond motifs is 7. The number of esters is 4. The van der Waals surface area contributed by atoms with E-state index < -0.39 is 173 Å². The molecule has 8 N–H and O–H groups in total. The van der Waals surface area contributed by atoms with Crippen molar-refractivity contribution in [2.24, 2.45) is 56.2 Å². The monoisotopic (exact) mass is 1040 g/mol. The topological polar surface area (TPSA) is 304 Å². The van der Waals surface area contributed by atoms with Gasteiger partial charge in [0.25, 0.3) is 0 Å². The van der Waals surface area contributed by atoms with Gasteiger partial charge in [-0.3, -0.25) is 9.59 Å². The van der Waals surface area contributed by atoms with Crippen molar-refractivity contribution in [1.29, 1.82) is 0 Å². The fraction of sp³-hybridized carbons (Fsp3) is 0.849. The van der Waals surface area contributed by atoms with Crippen LogP contribution in [0.2, 0.25) is 0 Å². The molecule has 0 radical (unpaired) electrons. The molecule has 0 bridgehead atoms. The number of aliphatic hydroxyl groups is 8. The zero-order chi connectivity index (χ0) is 54.3. The molecular formula is C53H82O20. The van der Waals surface area contributed by atoms with Crippen LogP contribution in [0, 0.1) is 56.2 Å². The Kier molecular flexibility index (Phi) is 16.3. The lowest BCUT2D eigenvalue weighted by atomic mass is 9.32. The summed E-state index contributed by atoms with van der Waals surface area (Å²) in [7, 11) is 2.33. The first-order chi connectivity index (χ1) is 34.1. The van der Waals surface area contributed by atoms with Gasteiger partial charge in [0, 0.05) is 16.4 Å². The molecule has 20 heteroatoms. The van der Waals surface area contributed by atoms with Gasteiger partial charge in [-0.1, -0.05) is 66.2 Å². The quantitative estimate of drug-likeness (QED) is 0.0454. The van der Waals surface area contributed by atoms with E-state index in [-0.39, 0.29) is 18.8 Å². The molecule has 7 aliphatic rings. The summed E-state index contributed by atoms with van der Waals surface area (Å²) in [5.41, 5.74) is -5.54. The summed E-state index contributed by atoms with van der Waals surface area (Å²) in [6, 6.07) is 0. The van der Waals surface area contributed by atoms with E-state index >= 15 is 0 Å². The first-order valence-electron chi connectivity index (χ1n) is 25.9. The Morgan fingerprint density at radius 3 is 2.10 bits per heavy atom. The Balaban J connectivity index is 1.25. The molecule has 0 spiro atoms. The number of ether oxygens (including phenoxy) is 8. The lowest BCUT2D eigenvalue weighted by Gasteiger charge is -2.73. The summed E-state index contributed by atoms with van der Waals surface area (Å²) in [4.78, 5) is 55.0. The van der Waals surface area contributed by atoms with Crippen LogP contribution >= 0.6 is 0 Å². The Hall–Kier alpha value is -3.12. The molecule has 7 rings (SSSR count). The van der Waals surface area contributed by atoms with Crippen LogP contribution in [0.4, 0.5) is 0 Å². The summed E-state index contributed by atoms with van der Waals surface area (Å²) < 4.78 is 46.8. The molecule has 5 aliphatic carbocycles. The van der Waals surface area contributed by atoms with Crippen molar-refractivity contribution in [3.63, 3.8) is 0 Å². The molecule has 414 valence electrons. The van der Waals surface area contributed by atoms with Crippen molar-refractivity contribution < 1.29 is 97.9 Å². The first kappa shape index (κ1) is 57.6. The van der Waals surface area contributed by atoms with Gasteiger partial charge in [-0.05, 0) is 94.3 Å². The third-order valence-electron chi connectivity index (χ3n) is 19.9. The Bertz CT molecular complexity index is 2150. The second-order valence-electron chi connectivity index (χ2n) is 23.8. The largest absolute Gasteiger partial charge is 0.469 e. The Labute approximate surface area is 427 Å². The number of hydrogen-bond acceptors (Lipinski definition) is 20. The number of allylic oxidation sites excluding steroid dienone is 2. The molecule has 2 saturated heterocycles. The van der Waals surface area contributed by atoms with Crippen LogP contribution in [0.5, 0.6) is 0 Å². The van der Waals surface area contributed by atoms with E-state index in [4.69, 9.17) is 37.9 Å². The van der Waals surface area contributed by atoms with E-state index in [0.717, 1.165) is 12.7 Å². The number of hydrogen-bond donors (Lipinski definition) is 8. The molecule has 23 unspecified atom stereocenters. The molecule has 6 fully saturated rings. The van der Waals surface area contributed by atoms with Crippen LogP contribution < -0.4 is 0 Å². The van der Waals surface area contributed by atoms with Gasteiger partial charge in [-0.2, -0.15) is 0 Å². The summed E-state index contributed by atoms with van der Waals surface area (Å²) >= 11 is 0. The van der Waals surface area contributed by atoms with Gasteiger partial charge >= 0.3 is 23.9 Å². The number of carbonyl (C=O) groups excluding carboxylic acids is 4. The van der Waals surface area contributed by atoms with Gasteiger partial charge in [0.2, 0.25) is 0 Å². The summed E-state index contributed by atoms with van der Waals surface area (Å²) in [5.74, 6) is -4.85. The van der Waals surface area contributed by atoms with Crippen molar-refractivity contribution >= 4 is 23.9 Å². The lowest BCUT2D eigenvalue weighted by Crippen LogP contribution is -2.76. The molecule has 2 heterocycles. The maximum atomic E-state index is 14.5. The van der Waals surface area contributed by atoms with E-state index in [1.807, 2.05) is 27.7 Å². The van der Waals surface area contributed by atoms with Crippen molar-refractivity contribution in [1.82, 2.24) is 0 Å². The maximum Gasteiger partial charge on any atom is 0.337 e. The molecule has 4 saturated carbocycles. The van der Waals surface area contributed by atoms with Gasteiger partial charge < -0.3 is 78.7 Å². The molecule has 73 heavy (non-hydrogen) atoms. The molecular weight excluding hydrogens is 957 g/mol. The number of carbonyl (C=O) groups is 4. The average Bonchev–Trinajstić information content (AvgIpc) is 3.36. The van der Waals surface area contributed by atoms with Gasteiger partial charge in [0.15, 0.2) is 24.8 Å². The lowest BCUT2D eigenvalue weighted by molar-refractivity contribution is -0.357. The van der Waals surface area contributed by atoms with Gasteiger partial charge in [0.1, 0.15) is 42.7 Å². The highest BCUT2D eigenvalue weighted by Crippen LogP contribution is 2.76. The average molecular weight is 1040 g/mol. The maximum absolute atomic E-state index is 14.5. The highest BCUT2D eigenvalue weighted by atomic mass is 16.7. The molecule has 0 aromatic heterocycles. The highest BCUT2D eigenvalue weighted by molar-refractivity contribution is 5.88. The second-order valence-corrected chi connectivity index (χ2v) is 23.8. The van der Waals surface area contributed by atoms with Gasteiger partial charge in [0.05, 0.1) is 62.5 Å². The van der Waals surface area contributed by atoms with Crippen molar-refractivity contribution in [3.8, 4) is 0 Å². The minimum absolute atomic E-state index is 0.183. The molecule has 20 nitrogen and oxygen atoms in total. The Morgan fingerprint density at radius 2 is 1.49 bits per heavy atom. The van der Waals surface area contributed by atoms with Gasteiger partial charge in [-0.15, -0.1) is 0 Å². The fourth-order valence-corrected chi connectivity index (χ4v) is 15.0. The molecule has 0 aromatic carbocycles. The highest BCUT2D eigenvalue weighted by Gasteiger charge is 2.77. The van der Waals surface area contributed by atoms with E-state index in [2.05, 4.69) is 19.9 Å². The standard InChI is InChI=1S/C53H82O20/c1-13-24(3)42(62)72-40-41(73-43(63)25(4)14-2)53(23-54)27(21-48(40,5)6)26-15-16-29-49(7)19-18-31(51(9,47(65)67-12)30(49)17-20-50(29,8)52(26,10)38(60)39(53)61)69-46-35(59)36(34(58)37(71-46)44(64)66-11)70-45-33(57)32(56)28(55)22-68-45/h13,15,25,27-41,45-46,54-61H,14,16-23H2,1-12H3. The zero-order valence-corrected chi connectivity index (χ0v) is 44.4. The predicted molar refractivity (Wildman–Crippen MR) is 255 cm³/mol. The van der Waals surface area contributed by atoms with E-state index in [0.29, 0.717) is 37.7 Å². The predicted octanol–water partition coefficient (Wildman–Crippen LogP) is 1.76. The van der Waals surface area contributed by atoms with Crippen LogP contribution in [-0.2, 0) is 57.1 Å². The van der Waals surface area contributed by atoms with E-state index in [9.17, 15) is 60.0 Å². The van der Waals surface area contributed by atoms with Crippen LogP contribution in [0.25, 0.3) is 0 Å². The molecule has 0 aromatic rings. The minimum atomic E-state index is -1.90. The van der Waals surface area contributed by atoms with E-state index in [1.54, 1.807) is 33.8 Å². The fourth-order valence-electron chi connectivity index (χ4n) is 15.0. The SMILES string of the molecule is CC=C(C)C(=O)OC1C(OC(=O)C(C)CC)C2(CO)C(CC1(C)C)C1=CCC3C4(C)CCC(OC5OC(C(=O)OC)C(O)C(OC6OCC(O)C(O)C6O)C5O)C(C)(C(=O)OC)C4CCC3(C)C1(C)C(O)C2O. The third kappa shape index (κ3) is 8.73.